The van der Waals surface area contributed by atoms with Crippen LogP contribution in [0, 0.1) is 12.7 Å². The van der Waals surface area contributed by atoms with Crippen molar-refractivity contribution >= 4 is 5.69 Å². The number of nitrogens with zero attached hydrogens (tertiary/aromatic N) is 2. The lowest BCUT2D eigenvalue weighted by atomic mass is 10.1. The summed E-state index contributed by atoms with van der Waals surface area (Å²) in [5.74, 6) is 0.742. The Labute approximate surface area is 92.3 Å². The lowest BCUT2D eigenvalue weighted by Crippen LogP contribution is -1.96. The van der Waals surface area contributed by atoms with Gasteiger partial charge in [-0.3, -0.25) is 0 Å². The van der Waals surface area contributed by atoms with Crippen LogP contribution in [-0.2, 0) is 12.8 Å². The Balaban J connectivity index is 2.02. The summed E-state index contributed by atoms with van der Waals surface area (Å²) in [5.41, 5.74) is 6.59. The Morgan fingerprint density at radius 1 is 1.31 bits per heavy atom. The molecule has 16 heavy (non-hydrogen) atoms. The number of nitrogens with two attached hydrogens (primary N) is 1. The number of aryl methyl sites for hydroxylation is 3. The van der Waals surface area contributed by atoms with Gasteiger partial charge in [0, 0.05) is 13.3 Å². The highest BCUT2D eigenvalue weighted by molar-refractivity contribution is 5.42. The molecule has 0 saturated carbocycles. The molecule has 2 rings (SSSR count). The highest BCUT2D eigenvalue weighted by atomic mass is 19.1. The van der Waals surface area contributed by atoms with Crippen LogP contribution < -0.4 is 5.73 Å². The number of hydrogen-bond donors (Lipinski definition) is 1. The van der Waals surface area contributed by atoms with Gasteiger partial charge in [-0.25, -0.2) is 4.39 Å². The minimum Gasteiger partial charge on any atom is -0.426 e. The van der Waals surface area contributed by atoms with Crippen LogP contribution >= 0.6 is 0 Å². The van der Waals surface area contributed by atoms with Crippen molar-refractivity contribution in [3.63, 3.8) is 0 Å². The molecule has 0 radical (unpaired) electrons. The topological polar surface area (TPSA) is 64.9 Å². The summed E-state index contributed by atoms with van der Waals surface area (Å²) >= 11 is 0. The van der Waals surface area contributed by atoms with Crippen molar-refractivity contribution in [1.82, 2.24) is 10.2 Å². The molecule has 0 aliphatic carbocycles. The van der Waals surface area contributed by atoms with Crippen molar-refractivity contribution in [3.05, 3.63) is 41.4 Å². The minimum atomic E-state index is -0.391. The lowest BCUT2D eigenvalue weighted by molar-refractivity contribution is 0.467. The molecule has 0 spiro atoms. The summed E-state index contributed by atoms with van der Waals surface area (Å²) in [6.07, 6.45) is 1.33. The van der Waals surface area contributed by atoms with E-state index in [1.165, 1.54) is 6.07 Å². The van der Waals surface area contributed by atoms with Crippen LogP contribution in [0.5, 0.6) is 0 Å². The van der Waals surface area contributed by atoms with Crippen LogP contribution in [0.2, 0.25) is 0 Å². The summed E-state index contributed by atoms with van der Waals surface area (Å²) < 4.78 is 18.1. The average Bonchev–Trinajstić information content (AvgIpc) is 2.66. The van der Waals surface area contributed by atoms with Gasteiger partial charge in [0.25, 0.3) is 0 Å². The van der Waals surface area contributed by atoms with E-state index in [0.717, 1.165) is 5.56 Å². The van der Waals surface area contributed by atoms with Crippen LogP contribution in [0.1, 0.15) is 17.3 Å². The van der Waals surface area contributed by atoms with Crippen molar-refractivity contribution in [3.8, 4) is 0 Å². The monoisotopic (exact) mass is 221 g/mol. The maximum Gasteiger partial charge on any atom is 0.216 e. The number of rotatable bonds is 3. The van der Waals surface area contributed by atoms with E-state index in [1.807, 2.05) is 0 Å². The summed E-state index contributed by atoms with van der Waals surface area (Å²) in [5, 5.41) is 7.61. The van der Waals surface area contributed by atoms with Gasteiger partial charge >= 0.3 is 0 Å². The van der Waals surface area contributed by atoms with Crippen molar-refractivity contribution in [2.75, 3.05) is 5.73 Å². The van der Waals surface area contributed by atoms with Crippen molar-refractivity contribution in [2.45, 2.75) is 19.8 Å². The van der Waals surface area contributed by atoms with E-state index < -0.39 is 5.82 Å². The van der Waals surface area contributed by atoms with E-state index in [-0.39, 0.29) is 5.69 Å². The predicted molar refractivity (Wildman–Crippen MR) is 57.3 cm³/mol. The largest absolute Gasteiger partial charge is 0.426 e. The van der Waals surface area contributed by atoms with E-state index in [0.29, 0.717) is 24.6 Å². The van der Waals surface area contributed by atoms with E-state index in [2.05, 4.69) is 10.2 Å². The Bertz CT molecular complexity index is 496. The third-order valence-electron chi connectivity index (χ3n) is 2.26. The van der Waals surface area contributed by atoms with Gasteiger partial charge in [0.15, 0.2) is 0 Å². The van der Waals surface area contributed by atoms with Crippen molar-refractivity contribution < 1.29 is 8.81 Å². The second-order valence-electron chi connectivity index (χ2n) is 3.57. The molecule has 0 amide bonds. The van der Waals surface area contributed by atoms with E-state index in [1.54, 1.807) is 19.1 Å². The smallest absolute Gasteiger partial charge is 0.216 e. The van der Waals surface area contributed by atoms with Gasteiger partial charge < -0.3 is 10.2 Å². The van der Waals surface area contributed by atoms with Crippen molar-refractivity contribution in [2.24, 2.45) is 0 Å². The zero-order chi connectivity index (χ0) is 11.5. The second-order valence-corrected chi connectivity index (χ2v) is 3.57. The SMILES string of the molecule is Cc1nnc(CCc2ccc(F)c(N)c2)o1. The van der Waals surface area contributed by atoms with Gasteiger partial charge in [-0.05, 0) is 24.1 Å². The van der Waals surface area contributed by atoms with Gasteiger partial charge in [-0.15, -0.1) is 10.2 Å². The fraction of sp³-hybridized carbons (Fsp3) is 0.273. The molecule has 4 nitrogen and oxygen atoms in total. The zero-order valence-corrected chi connectivity index (χ0v) is 8.90. The van der Waals surface area contributed by atoms with Gasteiger partial charge in [0.2, 0.25) is 11.8 Å². The quantitative estimate of drug-likeness (QED) is 0.804. The normalized spacial score (nSPS) is 10.6. The molecule has 0 bridgehead atoms. The molecule has 0 fully saturated rings. The fourth-order valence-electron chi connectivity index (χ4n) is 1.44. The number of benzene rings is 1. The van der Waals surface area contributed by atoms with Crippen LogP contribution in [0.25, 0.3) is 0 Å². The molecule has 0 aliphatic heterocycles. The molecule has 0 atom stereocenters. The number of halogens is 1. The number of hydrogen-bond acceptors (Lipinski definition) is 4. The van der Waals surface area contributed by atoms with Gasteiger partial charge in [-0.2, -0.15) is 0 Å². The maximum atomic E-state index is 12.9. The standard InChI is InChI=1S/C11H12FN3O/c1-7-14-15-11(16-7)5-3-8-2-4-9(12)10(13)6-8/h2,4,6H,3,5,13H2,1H3. The molecule has 0 saturated heterocycles. The highest BCUT2D eigenvalue weighted by Gasteiger charge is 2.04. The molecule has 0 unspecified atom stereocenters. The zero-order valence-electron chi connectivity index (χ0n) is 8.90. The van der Waals surface area contributed by atoms with Crippen LogP contribution in [0.3, 0.4) is 0 Å². The minimum absolute atomic E-state index is 0.166. The number of nitrogen functional groups attached to an aromatic ring is 1. The maximum absolute atomic E-state index is 12.9. The first-order valence-electron chi connectivity index (χ1n) is 4.98. The van der Waals surface area contributed by atoms with Gasteiger partial charge in [0.05, 0.1) is 5.69 Å². The fourth-order valence-corrected chi connectivity index (χ4v) is 1.44. The number of aromatic nitrogens is 2. The van der Waals surface area contributed by atoms with Crippen LogP contribution in [0.15, 0.2) is 22.6 Å². The number of anilines is 1. The summed E-state index contributed by atoms with van der Waals surface area (Å²) in [4.78, 5) is 0. The third kappa shape index (κ3) is 2.36. The molecule has 1 aromatic heterocycles. The summed E-state index contributed by atoms with van der Waals surface area (Å²) in [7, 11) is 0. The van der Waals surface area contributed by atoms with Crippen LogP contribution in [-0.4, -0.2) is 10.2 Å². The van der Waals surface area contributed by atoms with Gasteiger partial charge in [0.1, 0.15) is 5.82 Å². The molecule has 0 aliphatic rings. The Hall–Kier alpha value is -1.91. The summed E-state index contributed by atoms with van der Waals surface area (Å²) in [6, 6.07) is 4.69. The second kappa shape index (κ2) is 4.30. The first kappa shape index (κ1) is 10.6. The molecule has 84 valence electrons. The molecule has 1 aromatic carbocycles. The van der Waals surface area contributed by atoms with E-state index >= 15 is 0 Å². The Morgan fingerprint density at radius 3 is 2.75 bits per heavy atom. The Morgan fingerprint density at radius 2 is 2.12 bits per heavy atom. The van der Waals surface area contributed by atoms with Crippen LogP contribution in [0.4, 0.5) is 10.1 Å². The van der Waals surface area contributed by atoms with E-state index in [4.69, 9.17) is 10.2 Å². The average molecular weight is 221 g/mol. The Kier molecular flexibility index (Phi) is 2.85. The molecule has 1 heterocycles. The molecule has 5 heteroatoms. The third-order valence-corrected chi connectivity index (χ3v) is 2.26. The predicted octanol–water partition coefficient (Wildman–Crippen LogP) is 1.88. The molecular weight excluding hydrogens is 209 g/mol. The van der Waals surface area contributed by atoms with Gasteiger partial charge in [-0.1, -0.05) is 6.07 Å². The first-order chi connectivity index (χ1) is 7.65. The lowest BCUT2D eigenvalue weighted by Gasteiger charge is -2.01. The molecule has 2 N–H and O–H groups in total. The molecular formula is C11H12FN3O. The summed E-state index contributed by atoms with van der Waals surface area (Å²) in [6.45, 7) is 1.74. The highest BCUT2D eigenvalue weighted by Crippen LogP contribution is 2.14. The van der Waals surface area contributed by atoms with E-state index in [9.17, 15) is 4.39 Å². The van der Waals surface area contributed by atoms with Crippen molar-refractivity contribution in [1.29, 1.82) is 0 Å². The first-order valence-corrected chi connectivity index (χ1v) is 4.98. The molecule has 2 aromatic rings.